The molecule has 0 fully saturated rings. The van der Waals surface area contributed by atoms with Crippen LogP contribution in [0.15, 0.2) is 54.6 Å². The van der Waals surface area contributed by atoms with Gasteiger partial charge in [0.1, 0.15) is 6.04 Å². The molecule has 0 heterocycles. The van der Waals surface area contributed by atoms with Gasteiger partial charge in [0, 0.05) is 23.7 Å². The van der Waals surface area contributed by atoms with Gasteiger partial charge in [-0.1, -0.05) is 55.8 Å². The van der Waals surface area contributed by atoms with Gasteiger partial charge in [0.15, 0.2) is 0 Å². The molecule has 6 heteroatoms. The van der Waals surface area contributed by atoms with E-state index in [4.69, 9.17) is 11.6 Å². The lowest BCUT2D eigenvalue weighted by Gasteiger charge is -2.22. The Hall–Kier alpha value is -2.37. The summed E-state index contributed by atoms with van der Waals surface area (Å²) in [7, 11) is 2.07. The van der Waals surface area contributed by atoms with Gasteiger partial charge in [0.25, 0.3) is 5.91 Å². The van der Waals surface area contributed by atoms with Crippen LogP contribution in [0.4, 0.5) is 0 Å². The molecule has 29 heavy (non-hydrogen) atoms. The van der Waals surface area contributed by atoms with Crippen molar-refractivity contribution in [2.75, 3.05) is 20.1 Å². The highest BCUT2D eigenvalue weighted by Gasteiger charge is 2.24. The lowest BCUT2D eigenvalue weighted by Crippen LogP contribution is -2.50. The van der Waals surface area contributed by atoms with E-state index in [0.717, 1.165) is 19.5 Å². The average molecular weight is 416 g/mol. The van der Waals surface area contributed by atoms with E-state index >= 15 is 0 Å². The van der Waals surface area contributed by atoms with Crippen LogP contribution in [-0.2, 0) is 11.3 Å². The standard InChI is InChI=1S/C23H30ClN3O2/c1-17(2)21(26-22(28)19-10-12-20(24)13-11-19)23(29)25-14-7-15-27(3)16-18-8-5-4-6-9-18/h4-6,8-13,17,21H,7,14-16H2,1-3H3,(H,25,29)(H,26,28)/t21-/m1/s1. The minimum Gasteiger partial charge on any atom is -0.354 e. The van der Waals surface area contributed by atoms with Gasteiger partial charge in [-0.05, 0) is 55.8 Å². The number of amides is 2. The quantitative estimate of drug-likeness (QED) is 0.581. The number of carbonyl (C=O) groups is 2. The van der Waals surface area contributed by atoms with E-state index in [9.17, 15) is 9.59 Å². The summed E-state index contributed by atoms with van der Waals surface area (Å²) < 4.78 is 0. The summed E-state index contributed by atoms with van der Waals surface area (Å²) in [4.78, 5) is 27.2. The summed E-state index contributed by atoms with van der Waals surface area (Å²) >= 11 is 5.86. The fourth-order valence-corrected chi connectivity index (χ4v) is 3.13. The fraction of sp³-hybridized carbons (Fsp3) is 0.391. The molecule has 156 valence electrons. The number of benzene rings is 2. The van der Waals surface area contributed by atoms with Crippen molar-refractivity contribution in [3.8, 4) is 0 Å². The van der Waals surface area contributed by atoms with Crippen LogP contribution in [0.3, 0.4) is 0 Å². The summed E-state index contributed by atoms with van der Waals surface area (Å²) in [6.45, 7) is 6.15. The van der Waals surface area contributed by atoms with Crippen molar-refractivity contribution in [1.82, 2.24) is 15.5 Å². The molecule has 0 saturated heterocycles. The lowest BCUT2D eigenvalue weighted by molar-refractivity contribution is -0.123. The zero-order valence-electron chi connectivity index (χ0n) is 17.3. The first-order chi connectivity index (χ1) is 13.9. The molecule has 0 aromatic heterocycles. The van der Waals surface area contributed by atoms with Crippen LogP contribution in [0.25, 0.3) is 0 Å². The third-order valence-corrected chi connectivity index (χ3v) is 4.91. The predicted octanol–water partition coefficient (Wildman–Crippen LogP) is 3.73. The topological polar surface area (TPSA) is 61.4 Å². The third-order valence-electron chi connectivity index (χ3n) is 4.65. The second-order valence-electron chi connectivity index (χ2n) is 7.57. The normalized spacial score (nSPS) is 12.1. The van der Waals surface area contributed by atoms with Crippen molar-refractivity contribution < 1.29 is 9.59 Å². The molecule has 2 N–H and O–H groups in total. The van der Waals surface area contributed by atoms with Crippen LogP contribution in [0.1, 0.15) is 36.2 Å². The van der Waals surface area contributed by atoms with Gasteiger partial charge in [-0.2, -0.15) is 0 Å². The summed E-state index contributed by atoms with van der Waals surface area (Å²) in [5, 5.41) is 6.34. The number of hydrogen-bond acceptors (Lipinski definition) is 3. The van der Waals surface area contributed by atoms with Crippen molar-refractivity contribution in [2.45, 2.75) is 32.9 Å². The Morgan fingerprint density at radius 2 is 1.69 bits per heavy atom. The van der Waals surface area contributed by atoms with Gasteiger partial charge in [-0.15, -0.1) is 0 Å². The van der Waals surface area contributed by atoms with Crippen LogP contribution >= 0.6 is 11.6 Å². The van der Waals surface area contributed by atoms with Gasteiger partial charge >= 0.3 is 0 Å². The van der Waals surface area contributed by atoms with E-state index < -0.39 is 6.04 Å². The number of nitrogens with zero attached hydrogens (tertiary/aromatic N) is 1. The smallest absolute Gasteiger partial charge is 0.251 e. The molecule has 2 aromatic rings. The molecular weight excluding hydrogens is 386 g/mol. The molecule has 0 aliphatic rings. The summed E-state index contributed by atoms with van der Waals surface area (Å²) in [5.74, 6) is -0.460. The molecule has 0 aliphatic carbocycles. The summed E-state index contributed by atoms with van der Waals surface area (Å²) in [6.07, 6.45) is 0.838. The molecule has 0 aliphatic heterocycles. The highest BCUT2D eigenvalue weighted by molar-refractivity contribution is 6.30. The minimum atomic E-state index is -0.583. The van der Waals surface area contributed by atoms with E-state index in [2.05, 4.69) is 34.7 Å². The van der Waals surface area contributed by atoms with Crippen molar-refractivity contribution in [2.24, 2.45) is 5.92 Å². The fourth-order valence-electron chi connectivity index (χ4n) is 3.01. The van der Waals surface area contributed by atoms with Crippen LogP contribution in [0, 0.1) is 5.92 Å². The van der Waals surface area contributed by atoms with E-state index in [1.54, 1.807) is 24.3 Å². The van der Waals surface area contributed by atoms with Crippen molar-refractivity contribution in [1.29, 1.82) is 0 Å². The SMILES string of the molecule is CC(C)[C@@H](NC(=O)c1ccc(Cl)cc1)C(=O)NCCCN(C)Cc1ccccc1. The molecule has 1 atom stereocenters. The van der Waals surface area contributed by atoms with Crippen molar-refractivity contribution in [3.63, 3.8) is 0 Å². The molecule has 2 amide bonds. The number of nitrogens with one attached hydrogen (secondary N) is 2. The Kier molecular flexibility index (Phi) is 9.16. The Bertz CT molecular complexity index is 778. The van der Waals surface area contributed by atoms with Crippen molar-refractivity contribution in [3.05, 3.63) is 70.7 Å². The van der Waals surface area contributed by atoms with Gasteiger partial charge < -0.3 is 15.5 Å². The van der Waals surface area contributed by atoms with Crippen LogP contribution in [-0.4, -0.2) is 42.9 Å². The zero-order valence-corrected chi connectivity index (χ0v) is 18.1. The van der Waals surface area contributed by atoms with Gasteiger partial charge in [0.2, 0.25) is 5.91 Å². The Morgan fingerprint density at radius 3 is 2.31 bits per heavy atom. The van der Waals surface area contributed by atoms with E-state index in [1.165, 1.54) is 5.56 Å². The van der Waals surface area contributed by atoms with Crippen molar-refractivity contribution >= 4 is 23.4 Å². The lowest BCUT2D eigenvalue weighted by atomic mass is 10.0. The largest absolute Gasteiger partial charge is 0.354 e. The van der Waals surface area contributed by atoms with E-state index in [1.807, 2.05) is 32.0 Å². The summed E-state index contributed by atoms with van der Waals surface area (Å²) in [6, 6.07) is 16.3. The first kappa shape index (κ1) is 22.9. The highest BCUT2D eigenvalue weighted by atomic mass is 35.5. The molecule has 0 unspecified atom stereocenters. The monoisotopic (exact) mass is 415 g/mol. The summed E-state index contributed by atoms with van der Waals surface area (Å²) in [5.41, 5.74) is 1.75. The Labute approximate surface area is 178 Å². The first-order valence-electron chi connectivity index (χ1n) is 9.93. The number of hydrogen-bond donors (Lipinski definition) is 2. The maximum atomic E-state index is 12.6. The third kappa shape index (κ3) is 7.87. The molecule has 0 radical (unpaired) electrons. The first-order valence-corrected chi connectivity index (χ1v) is 10.3. The second-order valence-corrected chi connectivity index (χ2v) is 8.01. The maximum absolute atomic E-state index is 12.6. The molecule has 0 spiro atoms. The van der Waals surface area contributed by atoms with Crippen LogP contribution in [0.5, 0.6) is 0 Å². The van der Waals surface area contributed by atoms with E-state index in [-0.39, 0.29) is 17.7 Å². The highest BCUT2D eigenvalue weighted by Crippen LogP contribution is 2.11. The van der Waals surface area contributed by atoms with Gasteiger partial charge in [-0.3, -0.25) is 9.59 Å². The Morgan fingerprint density at radius 1 is 1.03 bits per heavy atom. The minimum absolute atomic E-state index is 0.0213. The number of rotatable bonds is 10. The molecule has 2 rings (SSSR count). The molecule has 0 bridgehead atoms. The molecule has 0 saturated carbocycles. The molecule has 5 nitrogen and oxygen atoms in total. The predicted molar refractivity (Wildman–Crippen MR) is 118 cm³/mol. The maximum Gasteiger partial charge on any atom is 0.251 e. The van der Waals surface area contributed by atoms with Gasteiger partial charge in [-0.25, -0.2) is 0 Å². The van der Waals surface area contributed by atoms with Crippen LogP contribution < -0.4 is 10.6 Å². The molecule has 2 aromatic carbocycles. The number of carbonyl (C=O) groups excluding carboxylic acids is 2. The van der Waals surface area contributed by atoms with Crippen LogP contribution in [0.2, 0.25) is 5.02 Å². The zero-order chi connectivity index (χ0) is 21.2. The van der Waals surface area contributed by atoms with Gasteiger partial charge in [0.05, 0.1) is 0 Å². The second kappa shape index (κ2) is 11.6. The van der Waals surface area contributed by atoms with E-state index in [0.29, 0.717) is 17.1 Å². The average Bonchev–Trinajstić information content (AvgIpc) is 2.70. The number of halogens is 1. The molecular formula is C23H30ClN3O2. The Balaban J connectivity index is 1.77.